The zero-order chi connectivity index (χ0) is 22.9. The molecular formula is C22H23FN4O4S. The number of aromatic nitrogens is 2. The van der Waals surface area contributed by atoms with E-state index in [9.17, 15) is 17.6 Å². The van der Waals surface area contributed by atoms with Crippen LogP contribution < -0.4 is 10.0 Å². The van der Waals surface area contributed by atoms with Crippen molar-refractivity contribution < 1.29 is 22.1 Å². The maximum Gasteiger partial charge on any atom is 0.261 e. The highest BCUT2D eigenvalue weighted by Crippen LogP contribution is 2.38. The predicted molar refractivity (Wildman–Crippen MR) is 115 cm³/mol. The molecule has 168 valence electrons. The SMILES string of the molecule is CC(C)C(NC(=O)c1ccc(S(=O)(=O)Nc2ccc(F)cc2)cc1)c1nc(C2CC2)no1. The number of sulfonamides is 1. The Morgan fingerprint density at radius 3 is 2.34 bits per heavy atom. The van der Waals surface area contributed by atoms with Gasteiger partial charge < -0.3 is 9.84 Å². The summed E-state index contributed by atoms with van der Waals surface area (Å²) >= 11 is 0. The average Bonchev–Trinajstić information content (AvgIpc) is 3.50. The van der Waals surface area contributed by atoms with Gasteiger partial charge in [-0.15, -0.1) is 0 Å². The van der Waals surface area contributed by atoms with Crippen LogP contribution >= 0.6 is 0 Å². The number of benzene rings is 2. The first kappa shape index (κ1) is 21.9. The van der Waals surface area contributed by atoms with Crippen LogP contribution in [0.5, 0.6) is 0 Å². The molecule has 32 heavy (non-hydrogen) atoms. The molecule has 0 bridgehead atoms. The molecule has 2 N–H and O–H groups in total. The Kier molecular flexibility index (Phi) is 5.96. The number of carbonyl (C=O) groups excluding carboxylic acids is 1. The predicted octanol–water partition coefficient (Wildman–Crippen LogP) is 4.01. The summed E-state index contributed by atoms with van der Waals surface area (Å²) in [4.78, 5) is 17.2. The third-order valence-corrected chi connectivity index (χ3v) is 6.54. The molecule has 0 radical (unpaired) electrons. The van der Waals surface area contributed by atoms with Crippen molar-refractivity contribution >= 4 is 21.6 Å². The summed E-state index contributed by atoms with van der Waals surface area (Å²) in [5.41, 5.74) is 0.524. The molecule has 3 aromatic rings. The first-order chi connectivity index (χ1) is 15.2. The summed E-state index contributed by atoms with van der Waals surface area (Å²) in [5, 5.41) is 6.90. The molecule has 1 atom stereocenters. The number of halogens is 1. The van der Waals surface area contributed by atoms with E-state index < -0.39 is 21.9 Å². The second-order valence-electron chi connectivity index (χ2n) is 8.10. The molecule has 1 heterocycles. The molecule has 2 aromatic carbocycles. The Balaban J connectivity index is 1.46. The van der Waals surface area contributed by atoms with E-state index in [2.05, 4.69) is 20.2 Å². The number of rotatable bonds is 8. The van der Waals surface area contributed by atoms with E-state index in [1.807, 2.05) is 13.8 Å². The van der Waals surface area contributed by atoms with Crippen LogP contribution in [0.25, 0.3) is 0 Å². The lowest BCUT2D eigenvalue weighted by Crippen LogP contribution is -2.32. The molecule has 1 amide bonds. The van der Waals surface area contributed by atoms with Gasteiger partial charge in [0.15, 0.2) is 5.82 Å². The van der Waals surface area contributed by atoms with Crippen molar-refractivity contribution in [2.45, 2.75) is 43.5 Å². The van der Waals surface area contributed by atoms with E-state index in [1.165, 1.54) is 36.4 Å². The van der Waals surface area contributed by atoms with Crippen LogP contribution in [-0.2, 0) is 10.0 Å². The number of anilines is 1. The lowest BCUT2D eigenvalue weighted by molar-refractivity contribution is 0.0914. The first-order valence-corrected chi connectivity index (χ1v) is 11.7. The topological polar surface area (TPSA) is 114 Å². The summed E-state index contributed by atoms with van der Waals surface area (Å²) in [5.74, 6) is 0.527. The number of amides is 1. The lowest BCUT2D eigenvalue weighted by atomic mass is 10.0. The van der Waals surface area contributed by atoms with Crippen LogP contribution in [0.1, 0.15) is 60.7 Å². The highest BCUT2D eigenvalue weighted by molar-refractivity contribution is 7.92. The molecule has 1 aliphatic carbocycles. The summed E-state index contributed by atoms with van der Waals surface area (Å²) in [6.07, 6.45) is 2.09. The fraction of sp³-hybridized carbons (Fsp3) is 0.318. The summed E-state index contributed by atoms with van der Waals surface area (Å²) in [7, 11) is -3.89. The molecule has 1 aliphatic rings. The Labute approximate surface area is 185 Å². The van der Waals surface area contributed by atoms with E-state index in [-0.39, 0.29) is 22.4 Å². The van der Waals surface area contributed by atoms with Gasteiger partial charge in [0.05, 0.1) is 4.90 Å². The highest BCUT2D eigenvalue weighted by Gasteiger charge is 2.31. The van der Waals surface area contributed by atoms with E-state index in [0.29, 0.717) is 23.2 Å². The number of nitrogens with one attached hydrogen (secondary N) is 2. The third kappa shape index (κ3) is 4.96. The molecule has 1 saturated carbocycles. The van der Waals surface area contributed by atoms with Crippen molar-refractivity contribution in [3.63, 3.8) is 0 Å². The molecular weight excluding hydrogens is 435 g/mol. The molecule has 10 heteroatoms. The minimum Gasteiger partial charge on any atom is -0.340 e. The van der Waals surface area contributed by atoms with E-state index in [1.54, 1.807) is 0 Å². The standard InChI is InChI=1S/C22H23FN4O4S/c1-13(2)19(22-25-20(26-31-22)14-3-4-14)24-21(28)15-5-11-18(12-6-15)32(29,30)27-17-9-7-16(23)8-10-17/h5-14,19,27H,3-4H2,1-2H3,(H,24,28). The Morgan fingerprint density at radius 2 is 1.75 bits per heavy atom. The van der Waals surface area contributed by atoms with Gasteiger partial charge in [-0.3, -0.25) is 9.52 Å². The molecule has 4 rings (SSSR count). The maximum absolute atomic E-state index is 13.0. The minimum absolute atomic E-state index is 0.00557. The number of hydrogen-bond donors (Lipinski definition) is 2. The van der Waals surface area contributed by atoms with Crippen LogP contribution in [0.15, 0.2) is 57.9 Å². The number of nitrogens with zero attached hydrogens (tertiary/aromatic N) is 2. The zero-order valence-electron chi connectivity index (χ0n) is 17.6. The Morgan fingerprint density at radius 1 is 1.09 bits per heavy atom. The van der Waals surface area contributed by atoms with Gasteiger partial charge in [-0.25, -0.2) is 12.8 Å². The van der Waals surface area contributed by atoms with Crippen molar-refractivity contribution in [1.29, 1.82) is 0 Å². The van der Waals surface area contributed by atoms with Crippen LogP contribution in [0.3, 0.4) is 0 Å². The van der Waals surface area contributed by atoms with Gasteiger partial charge in [-0.1, -0.05) is 19.0 Å². The van der Waals surface area contributed by atoms with Gasteiger partial charge in [-0.2, -0.15) is 4.98 Å². The van der Waals surface area contributed by atoms with Crippen LogP contribution in [0.4, 0.5) is 10.1 Å². The second kappa shape index (κ2) is 8.70. The smallest absolute Gasteiger partial charge is 0.261 e. The van der Waals surface area contributed by atoms with Crippen LogP contribution in [-0.4, -0.2) is 24.5 Å². The van der Waals surface area contributed by atoms with Crippen LogP contribution in [0, 0.1) is 11.7 Å². The summed E-state index contributed by atoms with van der Waals surface area (Å²) in [6.45, 7) is 3.87. The molecule has 1 fully saturated rings. The fourth-order valence-corrected chi connectivity index (χ4v) is 4.20. The number of hydrogen-bond acceptors (Lipinski definition) is 6. The molecule has 1 unspecified atom stereocenters. The lowest BCUT2D eigenvalue weighted by Gasteiger charge is -2.18. The first-order valence-electron chi connectivity index (χ1n) is 10.3. The van der Waals surface area contributed by atoms with Crippen molar-refractivity contribution in [3.8, 4) is 0 Å². The van der Waals surface area contributed by atoms with Gasteiger partial charge in [0.25, 0.3) is 15.9 Å². The minimum atomic E-state index is -3.89. The largest absolute Gasteiger partial charge is 0.340 e. The second-order valence-corrected chi connectivity index (χ2v) is 9.78. The van der Waals surface area contributed by atoms with E-state index in [0.717, 1.165) is 25.0 Å². The molecule has 1 aromatic heterocycles. The average molecular weight is 459 g/mol. The zero-order valence-corrected chi connectivity index (χ0v) is 18.4. The maximum atomic E-state index is 13.0. The summed E-state index contributed by atoms with van der Waals surface area (Å²) in [6, 6.07) is 10.0. The van der Waals surface area contributed by atoms with E-state index >= 15 is 0 Å². The van der Waals surface area contributed by atoms with Gasteiger partial charge in [0.2, 0.25) is 5.89 Å². The molecule has 8 nitrogen and oxygen atoms in total. The normalized spacial score (nSPS) is 14.9. The fourth-order valence-electron chi connectivity index (χ4n) is 3.14. The van der Waals surface area contributed by atoms with Gasteiger partial charge >= 0.3 is 0 Å². The van der Waals surface area contributed by atoms with Crippen LogP contribution in [0.2, 0.25) is 0 Å². The Hall–Kier alpha value is -3.27. The monoisotopic (exact) mass is 458 g/mol. The number of carbonyl (C=O) groups is 1. The van der Waals surface area contributed by atoms with Gasteiger partial charge in [-0.05, 0) is 67.3 Å². The Bertz CT molecular complexity index is 1200. The van der Waals surface area contributed by atoms with Gasteiger partial charge in [0.1, 0.15) is 11.9 Å². The molecule has 0 saturated heterocycles. The highest BCUT2D eigenvalue weighted by atomic mass is 32.2. The van der Waals surface area contributed by atoms with Crippen molar-refractivity contribution in [1.82, 2.24) is 15.5 Å². The van der Waals surface area contributed by atoms with Crippen molar-refractivity contribution in [2.75, 3.05) is 4.72 Å². The third-order valence-electron chi connectivity index (χ3n) is 5.14. The van der Waals surface area contributed by atoms with Crippen molar-refractivity contribution in [2.24, 2.45) is 5.92 Å². The van der Waals surface area contributed by atoms with Gasteiger partial charge in [0, 0.05) is 17.2 Å². The summed E-state index contributed by atoms with van der Waals surface area (Å²) < 4.78 is 45.9. The van der Waals surface area contributed by atoms with Crippen molar-refractivity contribution in [3.05, 3.63) is 71.6 Å². The van der Waals surface area contributed by atoms with E-state index in [4.69, 9.17) is 4.52 Å². The quantitative estimate of drug-likeness (QED) is 0.527. The molecule has 0 spiro atoms. The molecule has 0 aliphatic heterocycles.